The molecular weight excluding hydrogens is 242 g/mol. The maximum Gasteiger partial charge on any atom is 0.305 e. The number of carboxylic acids is 1. The Labute approximate surface area is 104 Å². The molecule has 90 valence electrons. The molecule has 1 unspecified atom stereocenters. The molecule has 17 heavy (non-hydrogen) atoms. The molecule has 4 nitrogen and oxygen atoms in total. The normalized spacial score (nSPS) is 18.6. The summed E-state index contributed by atoms with van der Waals surface area (Å²) in [4.78, 5) is 14.7. The van der Waals surface area contributed by atoms with E-state index in [1.54, 1.807) is 6.07 Å². The molecule has 0 spiro atoms. The average molecular weight is 254 g/mol. The van der Waals surface area contributed by atoms with Crippen LogP contribution >= 0.6 is 11.6 Å². The highest BCUT2D eigenvalue weighted by molar-refractivity contribution is 6.30. The minimum absolute atomic E-state index is 0.0129. The number of nitrogens with zero attached hydrogens (tertiary/aromatic N) is 1. The zero-order chi connectivity index (χ0) is 12.3. The fraction of sp³-hybridized carbons (Fsp3) is 0.333. The second-order valence-electron chi connectivity index (χ2n) is 3.89. The second-order valence-corrected chi connectivity index (χ2v) is 4.33. The van der Waals surface area contributed by atoms with Gasteiger partial charge < -0.3 is 9.84 Å². The fourth-order valence-electron chi connectivity index (χ4n) is 1.69. The van der Waals surface area contributed by atoms with E-state index in [1.807, 2.05) is 18.2 Å². The Bertz CT molecular complexity index is 459. The Balaban J connectivity index is 1.98. The van der Waals surface area contributed by atoms with Gasteiger partial charge in [-0.05, 0) is 17.7 Å². The van der Waals surface area contributed by atoms with Crippen molar-refractivity contribution >= 4 is 23.5 Å². The molecule has 1 aliphatic rings. The van der Waals surface area contributed by atoms with Crippen LogP contribution in [0.4, 0.5) is 0 Å². The van der Waals surface area contributed by atoms with Gasteiger partial charge in [0.2, 0.25) is 0 Å². The van der Waals surface area contributed by atoms with Crippen LogP contribution in [-0.2, 0) is 16.0 Å². The molecule has 0 saturated carbocycles. The molecule has 5 heteroatoms. The zero-order valence-corrected chi connectivity index (χ0v) is 9.85. The summed E-state index contributed by atoms with van der Waals surface area (Å²) in [6.07, 6.45) is 0.565. The van der Waals surface area contributed by atoms with Gasteiger partial charge in [-0.3, -0.25) is 4.79 Å². The lowest BCUT2D eigenvalue weighted by Gasteiger charge is -2.01. The molecule has 0 aliphatic carbocycles. The lowest BCUT2D eigenvalue weighted by Crippen LogP contribution is -2.12. The highest BCUT2D eigenvalue weighted by atomic mass is 35.5. The lowest BCUT2D eigenvalue weighted by molar-refractivity contribution is -0.137. The van der Waals surface area contributed by atoms with E-state index in [-0.39, 0.29) is 12.5 Å². The summed E-state index contributed by atoms with van der Waals surface area (Å²) >= 11 is 5.87. The summed E-state index contributed by atoms with van der Waals surface area (Å²) in [7, 11) is 0. The number of carbonyl (C=O) groups is 1. The van der Waals surface area contributed by atoms with Gasteiger partial charge in [0.15, 0.2) is 5.90 Å². The lowest BCUT2D eigenvalue weighted by atomic mass is 10.1. The van der Waals surface area contributed by atoms with Crippen molar-refractivity contribution in [1.82, 2.24) is 0 Å². The first-order valence-corrected chi connectivity index (χ1v) is 5.67. The topological polar surface area (TPSA) is 58.9 Å². The van der Waals surface area contributed by atoms with E-state index >= 15 is 0 Å². The first-order valence-electron chi connectivity index (χ1n) is 5.29. The van der Waals surface area contributed by atoms with Crippen LogP contribution in [0.5, 0.6) is 0 Å². The number of hydrogen-bond donors (Lipinski definition) is 1. The third-order valence-electron chi connectivity index (χ3n) is 2.42. The molecule has 1 aliphatic heterocycles. The van der Waals surface area contributed by atoms with E-state index in [0.29, 0.717) is 23.9 Å². The fourth-order valence-corrected chi connectivity index (χ4v) is 1.91. The van der Waals surface area contributed by atoms with Crippen molar-refractivity contribution in [1.29, 1.82) is 0 Å². The summed E-state index contributed by atoms with van der Waals surface area (Å²) in [5.74, 6) is -0.273. The van der Waals surface area contributed by atoms with Crippen LogP contribution in [0.25, 0.3) is 0 Å². The average Bonchev–Trinajstić information content (AvgIpc) is 2.64. The van der Waals surface area contributed by atoms with Crippen LogP contribution in [0.3, 0.4) is 0 Å². The van der Waals surface area contributed by atoms with Crippen LogP contribution in [0.1, 0.15) is 12.0 Å². The number of aliphatic imine (C=N–C) groups is 1. The molecule has 0 aromatic heterocycles. The number of halogens is 1. The van der Waals surface area contributed by atoms with Crippen molar-refractivity contribution in [2.45, 2.75) is 18.9 Å². The molecule has 1 atom stereocenters. The van der Waals surface area contributed by atoms with Crippen molar-refractivity contribution in [3.63, 3.8) is 0 Å². The minimum atomic E-state index is -0.855. The molecular formula is C12H12ClNO3. The van der Waals surface area contributed by atoms with Crippen LogP contribution in [0.15, 0.2) is 29.3 Å². The van der Waals surface area contributed by atoms with Gasteiger partial charge in [0, 0.05) is 11.4 Å². The summed E-state index contributed by atoms with van der Waals surface area (Å²) in [5, 5.41) is 9.31. The maximum absolute atomic E-state index is 10.5. The van der Waals surface area contributed by atoms with E-state index < -0.39 is 5.97 Å². The number of rotatable bonds is 4. The van der Waals surface area contributed by atoms with Gasteiger partial charge in [-0.15, -0.1) is 0 Å². The van der Waals surface area contributed by atoms with E-state index in [2.05, 4.69) is 4.99 Å². The molecule has 1 heterocycles. The highest BCUT2D eigenvalue weighted by Gasteiger charge is 2.21. The molecule has 0 radical (unpaired) electrons. The van der Waals surface area contributed by atoms with E-state index in [4.69, 9.17) is 21.4 Å². The van der Waals surface area contributed by atoms with Gasteiger partial charge in [0.1, 0.15) is 6.61 Å². The smallest absolute Gasteiger partial charge is 0.305 e. The standard InChI is InChI=1S/C12H12ClNO3/c13-9-3-1-2-8(4-9)5-11-14-10(7-17-11)6-12(15)16/h1-4,10H,5-7H2,(H,15,16). The van der Waals surface area contributed by atoms with Gasteiger partial charge in [-0.25, -0.2) is 4.99 Å². The molecule has 0 bridgehead atoms. The first-order chi connectivity index (χ1) is 8.13. The number of benzene rings is 1. The van der Waals surface area contributed by atoms with E-state index in [0.717, 1.165) is 5.56 Å². The maximum atomic E-state index is 10.5. The molecule has 1 N–H and O–H groups in total. The molecule has 0 amide bonds. The monoisotopic (exact) mass is 253 g/mol. The van der Waals surface area contributed by atoms with Crippen LogP contribution in [-0.4, -0.2) is 29.6 Å². The van der Waals surface area contributed by atoms with Gasteiger partial charge in [-0.1, -0.05) is 23.7 Å². The van der Waals surface area contributed by atoms with E-state index in [1.165, 1.54) is 0 Å². The van der Waals surface area contributed by atoms with Gasteiger partial charge in [0.25, 0.3) is 0 Å². The highest BCUT2D eigenvalue weighted by Crippen LogP contribution is 2.15. The molecule has 0 fully saturated rings. The quantitative estimate of drug-likeness (QED) is 0.895. The van der Waals surface area contributed by atoms with Crippen LogP contribution in [0, 0.1) is 0 Å². The zero-order valence-electron chi connectivity index (χ0n) is 9.10. The summed E-state index contributed by atoms with van der Waals surface area (Å²) in [5.41, 5.74) is 1.01. The van der Waals surface area contributed by atoms with Crippen LogP contribution < -0.4 is 0 Å². The van der Waals surface area contributed by atoms with Crippen molar-refractivity contribution < 1.29 is 14.6 Å². The van der Waals surface area contributed by atoms with Gasteiger partial charge >= 0.3 is 5.97 Å². The molecule has 0 saturated heterocycles. The molecule has 2 rings (SSSR count). The summed E-state index contributed by atoms with van der Waals surface area (Å²) in [6.45, 7) is 0.349. The largest absolute Gasteiger partial charge is 0.481 e. The van der Waals surface area contributed by atoms with E-state index in [9.17, 15) is 4.79 Å². The predicted octanol–water partition coefficient (Wildman–Crippen LogP) is 2.15. The number of carboxylic acid groups (broad SMARTS) is 1. The Hall–Kier alpha value is -1.55. The summed E-state index contributed by atoms with van der Waals surface area (Å²) < 4.78 is 5.35. The number of ether oxygens (including phenoxy) is 1. The Kier molecular flexibility index (Phi) is 3.64. The van der Waals surface area contributed by atoms with Crippen molar-refractivity contribution in [3.05, 3.63) is 34.9 Å². The van der Waals surface area contributed by atoms with Crippen molar-refractivity contribution in [2.24, 2.45) is 4.99 Å². The van der Waals surface area contributed by atoms with Gasteiger partial charge in [0.05, 0.1) is 12.5 Å². The SMILES string of the molecule is O=C(O)CC1COC(Cc2cccc(Cl)c2)=N1. The Morgan fingerprint density at radius 3 is 3.12 bits per heavy atom. The summed E-state index contributed by atoms with van der Waals surface area (Å²) in [6, 6.07) is 7.18. The number of aliphatic carboxylic acids is 1. The second kappa shape index (κ2) is 5.19. The third kappa shape index (κ3) is 3.46. The third-order valence-corrected chi connectivity index (χ3v) is 2.66. The Morgan fingerprint density at radius 2 is 2.41 bits per heavy atom. The molecule has 1 aromatic rings. The first kappa shape index (κ1) is 11.9. The van der Waals surface area contributed by atoms with Gasteiger partial charge in [-0.2, -0.15) is 0 Å². The Morgan fingerprint density at radius 1 is 1.59 bits per heavy atom. The molecule has 1 aromatic carbocycles. The van der Waals surface area contributed by atoms with Crippen LogP contribution in [0.2, 0.25) is 5.02 Å². The minimum Gasteiger partial charge on any atom is -0.481 e. The van der Waals surface area contributed by atoms with Crippen molar-refractivity contribution in [3.8, 4) is 0 Å². The predicted molar refractivity (Wildman–Crippen MR) is 64.6 cm³/mol. The number of hydrogen-bond acceptors (Lipinski definition) is 3. The van der Waals surface area contributed by atoms with Crippen molar-refractivity contribution in [2.75, 3.05) is 6.61 Å².